The van der Waals surface area contributed by atoms with Crippen molar-refractivity contribution in [2.75, 3.05) is 36.4 Å². The molecule has 0 saturated carbocycles. The van der Waals surface area contributed by atoms with E-state index in [1.165, 1.54) is 0 Å². The molecule has 3 heterocycles. The van der Waals surface area contributed by atoms with Crippen molar-refractivity contribution >= 4 is 17.4 Å². The molecule has 1 fully saturated rings. The molecule has 0 unspecified atom stereocenters. The van der Waals surface area contributed by atoms with Gasteiger partial charge in [-0.25, -0.2) is 0 Å². The fourth-order valence-corrected chi connectivity index (χ4v) is 3.90. The number of aromatic amines is 1. The van der Waals surface area contributed by atoms with Gasteiger partial charge >= 0.3 is 0 Å². The molecule has 160 valence electrons. The number of rotatable bonds is 4. The van der Waals surface area contributed by atoms with E-state index in [-0.39, 0.29) is 5.91 Å². The minimum absolute atomic E-state index is 0.193. The number of hydrogen-bond acceptors (Lipinski definition) is 6. The van der Waals surface area contributed by atoms with Gasteiger partial charge in [0, 0.05) is 62.9 Å². The zero-order valence-electron chi connectivity index (χ0n) is 17.6. The molecule has 3 N–H and O–H groups in total. The number of benzene rings is 2. The van der Waals surface area contributed by atoms with Crippen LogP contribution in [0.25, 0.3) is 11.3 Å². The number of aromatic nitrogens is 2. The molecule has 1 amide bonds. The number of amides is 1. The second kappa shape index (κ2) is 7.63. The Morgan fingerprint density at radius 3 is 2.65 bits per heavy atom. The number of ether oxygens (including phenoxy) is 2. The summed E-state index contributed by atoms with van der Waals surface area (Å²) in [4.78, 5) is 15.0. The summed E-state index contributed by atoms with van der Waals surface area (Å²) in [6, 6.07) is 15.1. The van der Waals surface area contributed by atoms with Crippen LogP contribution < -0.4 is 25.0 Å². The minimum atomic E-state index is -0.720. The lowest BCUT2D eigenvalue weighted by atomic mass is 10.1. The molecule has 2 aromatic carbocycles. The molecule has 2 aliphatic heterocycles. The van der Waals surface area contributed by atoms with Crippen molar-refractivity contribution in [1.29, 1.82) is 0 Å². The first-order valence-electron chi connectivity index (χ1n) is 10.4. The van der Waals surface area contributed by atoms with E-state index in [1.54, 1.807) is 6.07 Å². The summed E-state index contributed by atoms with van der Waals surface area (Å²) in [5.41, 5.74) is 3.20. The van der Waals surface area contributed by atoms with Crippen LogP contribution in [0, 0.1) is 0 Å². The van der Waals surface area contributed by atoms with Crippen molar-refractivity contribution in [3.05, 3.63) is 54.1 Å². The van der Waals surface area contributed by atoms with E-state index < -0.39 is 5.79 Å². The first-order chi connectivity index (χ1) is 15.0. The zero-order valence-corrected chi connectivity index (χ0v) is 17.6. The van der Waals surface area contributed by atoms with E-state index in [0.717, 1.165) is 37.4 Å². The lowest BCUT2D eigenvalue weighted by Crippen LogP contribution is -2.43. The number of hydrogen-bond donors (Lipinski definition) is 3. The summed E-state index contributed by atoms with van der Waals surface area (Å²) < 4.78 is 11.7. The van der Waals surface area contributed by atoms with Crippen LogP contribution in [0.15, 0.2) is 48.5 Å². The van der Waals surface area contributed by atoms with Crippen molar-refractivity contribution in [3.63, 3.8) is 0 Å². The topological polar surface area (TPSA) is 91.5 Å². The second-order valence-corrected chi connectivity index (χ2v) is 8.14. The number of nitrogens with one attached hydrogen (secondary N) is 3. The van der Waals surface area contributed by atoms with E-state index in [2.05, 4.69) is 25.7 Å². The number of piperazine rings is 1. The van der Waals surface area contributed by atoms with Gasteiger partial charge in [-0.05, 0) is 36.4 Å². The molecular formula is C23H25N5O3. The molecule has 31 heavy (non-hydrogen) atoms. The minimum Gasteiger partial charge on any atom is -0.449 e. The average Bonchev–Trinajstić information content (AvgIpc) is 3.36. The Hall–Kier alpha value is -3.52. The van der Waals surface area contributed by atoms with Gasteiger partial charge in [0.05, 0.1) is 5.69 Å². The number of carbonyl (C=O) groups is 1. The molecule has 2 aliphatic rings. The summed E-state index contributed by atoms with van der Waals surface area (Å²) in [7, 11) is 0. The van der Waals surface area contributed by atoms with E-state index in [1.807, 2.05) is 56.3 Å². The third kappa shape index (κ3) is 3.94. The first kappa shape index (κ1) is 19.4. The van der Waals surface area contributed by atoms with E-state index in [9.17, 15) is 4.79 Å². The average molecular weight is 419 g/mol. The normalized spacial score (nSPS) is 16.9. The van der Waals surface area contributed by atoms with Gasteiger partial charge in [-0.3, -0.25) is 9.89 Å². The highest BCUT2D eigenvalue weighted by Crippen LogP contribution is 2.45. The Morgan fingerprint density at radius 2 is 1.87 bits per heavy atom. The SMILES string of the molecule is CC1(C)Oc2cccc(-c3cc(NC(=O)c4ccc(N5CCNCC5)cc4)[nH]n3)c2O1. The molecule has 3 aromatic rings. The van der Waals surface area contributed by atoms with Crippen molar-refractivity contribution in [2.24, 2.45) is 0 Å². The number of anilines is 2. The molecule has 0 aliphatic carbocycles. The molecule has 0 radical (unpaired) electrons. The van der Waals surface area contributed by atoms with Gasteiger partial charge in [-0.1, -0.05) is 6.07 Å². The quantitative estimate of drug-likeness (QED) is 0.601. The van der Waals surface area contributed by atoms with Crippen molar-refractivity contribution in [2.45, 2.75) is 19.6 Å². The van der Waals surface area contributed by atoms with Crippen molar-refractivity contribution in [1.82, 2.24) is 15.5 Å². The van der Waals surface area contributed by atoms with Crippen LogP contribution in [-0.2, 0) is 0 Å². The molecule has 8 heteroatoms. The largest absolute Gasteiger partial charge is 0.449 e. The molecule has 0 atom stereocenters. The monoisotopic (exact) mass is 419 g/mol. The standard InChI is InChI=1S/C23H25N5O3/c1-23(2)30-19-5-3-4-17(21(19)31-23)18-14-20(27-26-18)25-22(29)15-6-8-16(9-7-15)28-12-10-24-11-13-28/h3-9,14,24H,10-13H2,1-2H3,(H2,25,26,27,29). The highest BCUT2D eigenvalue weighted by Gasteiger charge is 2.34. The van der Waals surface area contributed by atoms with Gasteiger partial charge in [-0.2, -0.15) is 5.10 Å². The van der Waals surface area contributed by atoms with Crippen molar-refractivity contribution in [3.8, 4) is 22.8 Å². The van der Waals surface area contributed by atoms with Gasteiger partial charge in [0.1, 0.15) is 5.82 Å². The number of para-hydroxylation sites is 1. The highest BCUT2D eigenvalue weighted by atomic mass is 16.7. The van der Waals surface area contributed by atoms with Crippen LogP contribution in [-0.4, -0.2) is 48.1 Å². The number of fused-ring (bicyclic) bond motifs is 1. The fourth-order valence-electron chi connectivity index (χ4n) is 3.90. The first-order valence-corrected chi connectivity index (χ1v) is 10.4. The number of carbonyl (C=O) groups excluding carboxylic acids is 1. The smallest absolute Gasteiger partial charge is 0.256 e. The second-order valence-electron chi connectivity index (χ2n) is 8.14. The van der Waals surface area contributed by atoms with Crippen LogP contribution in [0.1, 0.15) is 24.2 Å². The molecule has 0 spiro atoms. The predicted octanol–water partition coefficient (Wildman–Crippen LogP) is 3.25. The molecule has 5 rings (SSSR count). The Labute approximate surface area is 180 Å². The lowest BCUT2D eigenvalue weighted by molar-refractivity contribution is -0.0429. The molecular weight excluding hydrogens is 394 g/mol. The Kier molecular flexibility index (Phi) is 4.78. The summed E-state index contributed by atoms with van der Waals surface area (Å²) >= 11 is 0. The van der Waals surface area contributed by atoms with Gasteiger partial charge in [0.2, 0.25) is 5.79 Å². The van der Waals surface area contributed by atoms with Crippen molar-refractivity contribution < 1.29 is 14.3 Å². The summed E-state index contributed by atoms with van der Waals surface area (Å²) in [5.74, 6) is 0.937. The lowest BCUT2D eigenvalue weighted by Gasteiger charge is -2.29. The maximum Gasteiger partial charge on any atom is 0.256 e. The molecule has 8 nitrogen and oxygen atoms in total. The maximum absolute atomic E-state index is 12.7. The van der Waals surface area contributed by atoms with Gasteiger partial charge in [0.15, 0.2) is 11.5 Å². The van der Waals surface area contributed by atoms with Crippen LogP contribution in [0.4, 0.5) is 11.5 Å². The zero-order chi connectivity index (χ0) is 21.4. The van der Waals surface area contributed by atoms with Crippen LogP contribution in [0.2, 0.25) is 0 Å². The molecule has 1 saturated heterocycles. The fraction of sp³-hybridized carbons (Fsp3) is 0.304. The summed E-state index contributed by atoms with van der Waals surface area (Å²) in [6.45, 7) is 7.61. The third-order valence-electron chi connectivity index (χ3n) is 5.40. The van der Waals surface area contributed by atoms with Gasteiger partial charge < -0.3 is 25.0 Å². The van der Waals surface area contributed by atoms with Gasteiger partial charge in [0.25, 0.3) is 5.91 Å². The highest BCUT2D eigenvalue weighted by molar-refractivity contribution is 6.04. The number of H-pyrrole nitrogens is 1. The Balaban J connectivity index is 1.29. The number of nitrogens with zero attached hydrogens (tertiary/aromatic N) is 2. The Morgan fingerprint density at radius 1 is 1.10 bits per heavy atom. The summed E-state index contributed by atoms with van der Waals surface area (Å²) in [6.07, 6.45) is 0. The maximum atomic E-state index is 12.7. The van der Waals surface area contributed by atoms with Crippen LogP contribution >= 0.6 is 0 Å². The summed E-state index contributed by atoms with van der Waals surface area (Å²) in [5, 5.41) is 13.5. The molecule has 1 aromatic heterocycles. The van der Waals surface area contributed by atoms with E-state index in [4.69, 9.17) is 9.47 Å². The Bertz CT molecular complexity index is 1100. The third-order valence-corrected chi connectivity index (χ3v) is 5.40. The predicted molar refractivity (Wildman–Crippen MR) is 119 cm³/mol. The van der Waals surface area contributed by atoms with E-state index in [0.29, 0.717) is 28.6 Å². The van der Waals surface area contributed by atoms with Crippen LogP contribution in [0.3, 0.4) is 0 Å². The molecule has 0 bridgehead atoms. The van der Waals surface area contributed by atoms with E-state index >= 15 is 0 Å². The van der Waals surface area contributed by atoms with Gasteiger partial charge in [-0.15, -0.1) is 0 Å². The van der Waals surface area contributed by atoms with Crippen LogP contribution in [0.5, 0.6) is 11.5 Å².